The molecule has 1 saturated heterocycles. The average molecular weight is 443 g/mol. The van der Waals surface area contributed by atoms with Crippen molar-refractivity contribution < 1.29 is 4.57 Å². The number of pyridine rings is 1. The first-order valence-electron chi connectivity index (χ1n) is 11.4. The second kappa shape index (κ2) is 7.76. The van der Waals surface area contributed by atoms with Gasteiger partial charge in [-0.3, -0.25) is 0 Å². The fraction of sp³-hybridized carbons (Fsp3) is 0.370. The third-order valence-electron chi connectivity index (χ3n) is 7.46. The van der Waals surface area contributed by atoms with Gasteiger partial charge in [0.15, 0.2) is 0 Å². The molecule has 3 aromatic rings. The van der Waals surface area contributed by atoms with Crippen molar-refractivity contribution in [2.75, 3.05) is 0 Å². The van der Waals surface area contributed by atoms with E-state index in [-0.39, 0.29) is 0 Å². The molecular formula is C27H32GeN+. The Labute approximate surface area is 178 Å². The first-order chi connectivity index (χ1) is 14.2. The Bertz CT molecular complexity index is 1030. The minimum atomic E-state index is -1.84. The zero-order valence-corrected chi connectivity index (χ0v) is 20.0. The Morgan fingerprint density at radius 3 is 2.34 bits per heavy atom. The molecule has 2 aliphatic heterocycles. The number of hydrogen-bond acceptors (Lipinski definition) is 0. The molecule has 0 aliphatic carbocycles. The van der Waals surface area contributed by atoms with E-state index in [1.54, 1.807) is 21.3 Å². The van der Waals surface area contributed by atoms with Gasteiger partial charge in [0.25, 0.3) is 0 Å². The van der Waals surface area contributed by atoms with Crippen LogP contribution in [0.2, 0.25) is 15.8 Å². The Kier molecular flexibility index (Phi) is 5.11. The van der Waals surface area contributed by atoms with E-state index >= 15 is 0 Å². The van der Waals surface area contributed by atoms with Crippen molar-refractivity contribution in [2.24, 2.45) is 7.05 Å². The molecule has 1 spiro atoms. The SMILES string of the molecule is Cc1ccc(-c2ccccc2)cc1-c1cc2[c](c[n+]1C)[Ge]1([CH2]CCC[CH2]1)[CH2]CC2. The quantitative estimate of drug-likeness (QED) is 0.341. The average Bonchev–Trinajstić information content (AvgIpc) is 2.76. The Balaban J connectivity index is 1.61. The molecule has 3 heterocycles. The molecule has 0 saturated carbocycles. The van der Waals surface area contributed by atoms with E-state index in [1.165, 1.54) is 60.1 Å². The van der Waals surface area contributed by atoms with Crippen molar-refractivity contribution in [1.29, 1.82) is 0 Å². The van der Waals surface area contributed by atoms with E-state index in [0.29, 0.717) is 0 Å². The van der Waals surface area contributed by atoms with Gasteiger partial charge >= 0.3 is 178 Å². The number of aryl methyl sites for hydroxylation is 3. The second-order valence-corrected chi connectivity index (χ2v) is 18.9. The molecule has 148 valence electrons. The van der Waals surface area contributed by atoms with Gasteiger partial charge in [0, 0.05) is 0 Å². The van der Waals surface area contributed by atoms with E-state index in [2.05, 4.69) is 79.3 Å². The van der Waals surface area contributed by atoms with Crippen molar-refractivity contribution in [2.45, 2.75) is 54.8 Å². The van der Waals surface area contributed by atoms with Crippen LogP contribution in [-0.2, 0) is 13.5 Å². The van der Waals surface area contributed by atoms with E-state index in [1.807, 2.05) is 4.40 Å². The summed E-state index contributed by atoms with van der Waals surface area (Å²) in [5, 5.41) is 4.73. The van der Waals surface area contributed by atoms with Crippen LogP contribution in [0, 0.1) is 6.92 Å². The summed E-state index contributed by atoms with van der Waals surface area (Å²) in [7, 11) is 2.28. The molecule has 2 aromatic carbocycles. The molecule has 0 atom stereocenters. The Hall–Kier alpha value is -1.87. The van der Waals surface area contributed by atoms with Crippen LogP contribution in [-0.4, -0.2) is 13.3 Å². The predicted octanol–water partition coefficient (Wildman–Crippen LogP) is 5.94. The molecular weight excluding hydrogens is 411 g/mol. The first kappa shape index (κ1) is 19.1. The number of aromatic nitrogens is 1. The molecule has 0 amide bonds. The van der Waals surface area contributed by atoms with E-state index in [9.17, 15) is 0 Å². The molecule has 0 radical (unpaired) electrons. The minimum absolute atomic E-state index is 1.29. The van der Waals surface area contributed by atoms with Crippen molar-refractivity contribution in [3.63, 3.8) is 0 Å². The van der Waals surface area contributed by atoms with Gasteiger partial charge in [0.1, 0.15) is 0 Å². The molecule has 1 aromatic heterocycles. The molecule has 1 fully saturated rings. The number of rotatable bonds is 2. The van der Waals surface area contributed by atoms with Gasteiger partial charge in [-0.1, -0.05) is 0 Å². The number of benzene rings is 2. The summed E-state index contributed by atoms with van der Waals surface area (Å²) in [5.41, 5.74) is 8.43. The Morgan fingerprint density at radius 1 is 0.793 bits per heavy atom. The van der Waals surface area contributed by atoms with E-state index in [0.717, 1.165) is 0 Å². The zero-order chi connectivity index (χ0) is 19.8. The van der Waals surface area contributed by atoms with Crippen molar-refractivity contribution >= 4 is 17.7 Å². The van der Waals surface area contributed by atoms with Gasteiger partial charge in [-0.2, -0.15) is 0 Å². The van der Waals surface area contributed by atoms with Gasteiger partial charge in [-0.15, -0.1) is 0 Å². The fourth-order valence-corrected chi connectivity index (χ4v) is 17.6. The third-order valence-corrected chi connectivity index (χ3v) is 19.1. The predicted molar refractivity (Wildman–Crippen MR) is 125 cm³/mol. The Morgan fingerprint density at radius 2 is 1.55 bits per heavy atom. The molecule has 5 rings (SSSR count). The van der Waals surface area contributed by atoms with Crippen LogP contribution >= 0.6 is 0 Å². The van der Waals surface area contributed by atoms with Crippen LogP contribution < -0.4 is 8.96 Å². The molecule has 0 bridgehead atoms. The first-order valence-corrected chi connectivity index (χ1v) is 16.9. The summed E-state index contributed by atoms with van der Waals surface area (Å²) in [6.07, 6.45) is 9.74. The van der Waals surface area contributed by atoms with Crippen molar-refractivity contribution in [3.05, 3.63) is 71.9 Å². The summed E-state index contributed by atoms with van der Waals surface area (Å²) in [6.45, 7) is 2.25. The maximum atomic E-state index is 2.57. The van der Waals surface area contributed by atoms with Crippen molar-refractivity contribution in [3.8, 4) is 22.4 Å². The standard InChI is InChI=1S/C27H32GeN/c1-21-13-14-23(22-10-5-3-6-11-22)18-25(21)27-19-24-12-9-17-28(15-7-4-8-16-28)26(24)20-29(27)2/h3,5-6,10-11,13-14,18-20H,4,7-9,12,15-17H2,1-2H3/q+1. The monoisotopic (exact) mass is 444 g/mol. The normalized spacial score (nSPS) is 17.9. The summed E-state index contributed by atoms with van der Waals surface area (Å²) in [4.78, 5) is 0. The van der Waals surface area contributed by atoms with Gasteiger partial charge in [0.05, 0.1) is 0 Å². The molecule has 2 heteroatoms. The van der Waals surface area contributed by atoms with Crippen LogP contribution in [0.4, 0.5) is 0 Å². The third kappa shape index (κ3) is 3.48. The number of nitrogens with zero attached hydrogens (tertiary/aromatic N) is 1. The van der Waals surface area contributed by atoms with Crippen LogP contribution in [0.25, 0.3) is 22.4 Å². The molecule has 2 aliphatic rings. The van der Waals surface area contributed by atoms with E-state index in [4.69, 9.17) is 0 Å². The molecule has 1 nitrogen and oxygen atoms in total. The van der Waals surface area contributed by atoms with Gasteiger partial charge in [0.2, 0.25) is 0 Å². The van der Waals surface area contributed by atoms with Crippen LogP contribution in [0.15, 0.2) is 60.8 Å². The summed E-state index contributed by atoms with van der Waals surface area (Å²) < 4.78 is 4.29. The zero-order valence-electron chi connectivity index (χ0n) is 17.9. The van der Waals surface area contributed by atoms with Crippen LogP contribution in [0.5, 0.6) is 0 Å². The number of hydrogen-bond donors (Lipinski definition) is 0. The maximum absolute atomic E-state index is 2.57. The van der Waals surface area contributed by atoms with E-state index < -0.39 is 13.3 Å². The molecule has 29 heavy (non-hydrogen) atoms. The molecule has 0 N–H and O–H groups in total. The van der Waals surface area contributed by atoms with Gasteiger partial charge < -0.3 is 0 Å². The fourth-order valence-electron chi connectivity index (χ4n) is 5.85. The number of fused-ring (bicyclic) bond motifs is 2. The summed E-state index contributed by atoms with van der Waals surface area (Å²) in [6, 6.07) is 20.3. The van der Waals surface area contributed by atoms with Crippen LogP contribution in [0.3, 0.4) is 0 Å². The second-order valence-electron chi connectivity index (χ2n) is 9.30. The van der Waals surface area contributed by atoms with Gasteiger partial charge in [-0.05, 0) is 0 Å². The topological polar surface area (TPSA) is 3.88 Å². The van der Waals surface area contributed by atoms with Gasteiger partial charge in [-0.25, -0.2) is 0 Å². The molecule has 0 unspecified atom stereocenters. The summed E-state index contributed by atoms with van der Waals surface area (Å²) >= 11 is -1.84. The summed E-state index contributed by atoms with van der Waals surface area (Å²) in [5.74, 6) is 0. The van der Waals surface area contributed by atoms with Crippen LogP contribution in [0.1, 0.15) is 36.8 Å². The van der Waals surface area contributed by atoms with Crippen molar-refractivity contribution in [1.82, 2.24) is 0 Å².